The Morgan fingerprint density at radius 1 is 0.755 bits per heavy atom. The Kier molecular flexibility index (Phi) is 15.7. The quantitative estimate of drug-likeness (QED) is 0.123. The van der Waals surface area contributed by atoms with Gasteiger partial charge in [-0.2, -0.15) is 0 Å². The maximum absolute atomic E-state index is 13.7. The van der Waals surface area contributed by atoms with Crippen LogP contribution in [0, 0.1) is 5.92 Å². The monoisotopic (exact) mass is 700 g/mol. The Labute approximate surface area is 283 Å². The predicted octanol–water partition coefficient (Wildman–Crippen LogP) is 1.83. The first-order valence-corrected chi connectivity index (χ1v) is 16.9. The van der Waals surface area contributed by atoms with Crippen molar-refractivity contribution >= 4 is 45.6 Å². The highest BCUT2D eigenvalue weighted by Gasteiger charge is 2.33. The van der Waals surface area contributed by atoms with Crippen LogP contribution in [0.15, 0.2) is 84.3 Å². The Morgan fingerprint density at radius 2 is 1.35 bits per heavy atom. The molecule has 0 aromatic heterocycles. The van der Waals surface area contributed by atoms with Crippen LogP contribution in [0.5, 0.6) is 0 Å². The second-order valence-electron chi connectivity index (χ2n) is 11.2. The molecule has 0 spiro atoms. The summed E-state index contributed by atoms with van der Waals surface area (Å²) >= 11 is 0. The fourth-order valence-electron chi connectivity index (χ4n) is 4.27. The number of sulfone groups is 1. The first-order chi connectivity index (χ1) is 23.1. The number of carboxylic acids is 2. The van der Waals surface area contributed by atoms with Crippen LogP contribution < -0.4 is 21.3 Å². The summed E-state index contributed by atoms with van der Waals surface area (Å²) in [5.74, 6) is -5.88. The molecule has 0 aliphatic carbocycles. The van der Waals surface area contributed by atoms with Gasteiger partial charge in [0.1, 0.15) is 24.7 Å². The highest BCUT2D eigenvalue weighted by molar-refractivity contribution is 7.93. The second-order valence-corrected chi connectivity index (χ2v) is 13.1. The topological polar surface area (TPSA) is 234 Å². The van der Waals surface area contributed by atoms with Gasteiger partial charge in [-0.15, -0.1) is 0 Å². The van der Waals surface area contributed by atoms with Gasteiger partial charge in [-0.05, 0) is 17.0 Å². The van der Waals surface area contributed by atoms with Crippen molar-refractivity contribution < 1.29 is 52.1 Å². The van der Waals surface area contributed by atoms with Crippen molar-refractivity contribution in [3.63, 3.8) is 0 Å². The molecule has 264 valence electrons. The summed E-state index contributed by atoms with van der Waals surface area (Å²) in [6, 6.07) is 11.0. The summed E-state index contributed by atoms with van der Waals surface area (Å²) in [5.41, 5.74) is 0.914. The lowest BCUT2D eigenvalue weighted by atomic mass is 10.00. The number of nitrogens with one attached hydrogen (secondary N) is 4. The maximum Gasteiger partial charge on any atom is 0.408 e. The fourth-order valence-corrected chi connectivity index (χ4v) is 4.64. The Balaban J connectivity index is 2.26. The first-order valence-electron chi connectivity index (χ1n) is 15.0. The summed E-state index contributed by atoms with van der Waals surface area (Å²) in [6.45, 7) is 3.08. The summed E-state index contributed by atoms with van der Waals surface area (Å²) in [4.78, 5) is 75.8. The molecule has 0 fully saturated rings. The number of rotatable bonds is 18. The van der Waals surface area contributed by atoms with Crippen molar-refractivity contribution in [3.8, 4) is 0 Å². The van der Waals surface area contributed by atoms with Crippen LogP contribution in [-0.4, -0.2) is 78.8 Å². The third-order valence-electron chi connectivity index (χ3n) is 6.63. The molecule has 0 saturated heterocycles. The predicted molar refractivity (Wildman–Crippen MR) is 177 cm³/mol. The highest BCUT2D eigenvalue weighted by atomic mass is 32.2. The molecule has 2 aromatic carbocycles. The van der Waals surface area contributed by atoms with E-state index in [1.807, 2.05) is 0 Å². The molecular formula is C33H40N4O11S. The molecule has 0 aliphatic rings. The number of carbonyl (C=O) groups is 6. The third-order valence-corrected chi connectivity index (χ3v) is 7.28. The number of amides is 4. The number of allylic oxidation sites excluding steroid dienone is 2. The number of alkyl carbamates (subject to hydrolysis) is 1. The van der Waals surface area contributed by atoms with Gasteiger partial charge in [0.25, 0.3) is 0 Å². The van der Waals surface area contributed by atoms with E-state index in [1.54, 1.807) is 62.4 Å². The molecular weight excluding hydrogens is 660 g/mol. The molecule has 16 heteroatoms. The second kappa shape index (κ2) is 19.3. The van der Waals surface area contributed by atoms with E-state index in [0.717, 1.165) is 11.7 Å². The third kappa shape index (κ3) is 15.3. The molecule has 6 N–H and O–H groups in total. The van der Waals surface area contributed by atoms with Crippen LogP contribution >= 0.6 is 0 Å². The number of hydrogen-bond donors (Lipinski definition) is 6. The van der Waals surface area contributed by atoms with E-state index in [1.165, 1.54) is 30.4 Å². The van der Waals surface area contributed by atoms with Gasteiger partial charge in [0, 0.05) is 11.7 Å². The number of carbonyl (C=O) groups excluding carboxylic acids is 4. The highest BCUT2D eigenvalue weighted by Crippen LogP contribution is 2.16. The molecule has 49 heavy (non-hydrogen) atoms. The summed E-state index contributed by atoms with van der Waals surface area (Å²) < 4.78 is 27.8. The van der Waals surface area contributed by atoms with E-state index in [-0.39, 0.29) is 12.2 Å². The average Bonchev–Trinajstić information content (AvgIpc) is 3.02. The van der Waals surface area contributed by atoms with E-state index >= 15 is 0 Å². The van der Waals surface area contributed by atoms with Crippen LogP contribution in [0.2, 0.25) is 0 Å². The zero-order chi connectivity index (χ0) is 36.6. The van der Waals surface area contributed by atoms with Gasteiger partial charge in [-0.3, -0.25) is 24.0 Å². The van der Waals surface area contributed by atoms with Gasteiger partial charge in [0.15, 0.2) is 9.84 Å². The van der Waals surface area contributed by atoms with Gasteiger partial charge in [-0.25, -0.2) is 13.2 Å². The zero-order valence-corrected chi connectivity index (χ0v) is 27.9. The molecule has 4 unspecified atom stereocenters. The van der Waals surface area contributed by atoms with Gasteiger partial charge >= 0.3 is 18.0 Å². The van der Waals surface area contributed by atoms with E-state index in [2.05, 4.69) is 21.3 Å². The van der Waals surface area contributed by atoms with Crippen LogP contribution in [0.25, 0.3) is 0 Å². The zero-order valence-electron chi connectivity index (χ0n) is 27.1. The van der Waals surface area contributed by atoms with Crippen LogP contribution in [-0.2, 0) is 45.2 Å². The van der Waals surface area contributed by atoms with E-state index < -0.39 is 88.5 Å². The Morgan fingerprint density at radius 3 is 1.90 bits per heavy atom. The van der Waals surface area contributed by atoms with Gasteiger partial charge < -0.3 is 36.2 Å². The van der Waals surface area contributed by atoms with Crippen molar-refractivity contribution in [2.45, 2.75) is 57.5 Å². The average molecular weight is 701 g/mol. The molecule has 4 atom stereocenters. The molecule has 15 nitrogen and oxygen atoms in total. The van der Waals surface area contributed by atoms with Gasteiger partial charge in [-0.1, -0.05) is 92.7 Å². The summed E-state index contributed by atoms with van der Waals surface area (Å²) in [7, 11) is -3.45. The number of benzene rings is 2. The standard InChI is InChI=1S/C33H40N4O11S/c1-21(2)28(31(43)34-24(18-26(38)39)16-10-11-17-49(3,46)47)36-32(44)29(23-14-8-5-9-15-23)37-30(42)25(19-27(40)41)35-33(45)48-20-22-12-6-4-7-13-22/h4-17,21,24-25,28-29H,18-20H2,1-3H3,(H,34,43)(H,35,45)(H,36,44)(H,37,42)(H,38,39)(H,40,41). The van der Waals surface area contributed by atoms with Gasteiger partial charge in [0.05, 0.1) is 18.9 Å². The minimum Gasteiger partial charge on any atom is -0.481 e. The van der Waals surface area contributed by atoms with Crippen molar-refractivity contribution in [3.05, 3.63) is 95.4 Å². The fraction of sp³-hybridized carbons (Fsp3) is 0.333. The molecule has 0 bridgehead atoms. The van der Waals surface area contributed by atoms with Crippen molar-refractivity contribution in [2.24, 2.45) is 5.92 Å². The van der Waals surface area contributed by atoms with Gasteiger partial charge in [0.2, 0.25) is 17.7 Å². The number of aliphatic carboxylic acids is 2. The smallest absolute Gasteiger partial charge is 0.408 e. The number of ether oxygens (including phenoxy) is 1. The summed E-state index contributed by atoms with van der Waals surface area (Å²) in [5, 5.41) is 29.4. The number of carboxylic acid groups (broad SMARTS) is 2. The molecule has 0 saturated carbocycles. The van der Waals surface area contributed by atoms with Crippen molar-refractivity contribution in [1.29, 1.82) is 0 Å². The Hall–Kier alpha value is -5.51. The van der Waals surface area contributed by atoms with E-state index in [4.69, 9.17) is 4.74 Å². The first kappa shape index (κ1) is 39.7. The van der Waals surface area contributed by atoms with Crippen molar-refractivity contribution in [1.82, 2.24) is 21.3 Å². The van der Waals surface area contributed by atoms with E-state index in [9.17, 15) is 47.4 Å². The molecule has 4 amide bonds. The largest absolute Gasteiger partial charge is 0.481 e. The van der Waals surface area contributed by atoms with Crippen LogP contribution in [0.3, 0.4) is 0 Å². The minimum absolute atomic E-state index is 0.151. The lowest BCUT2D eigenvalue weighted by molar-refractivity contribution is -0.140. The minimum atomic E-state index is -3.45. The lowest BCUT2D eigenvalue weighted by Crippen LogP contribution is -2.56. The van der Waals surface area contributed by atoms with E-state index in [0.29, 0.717) is 5.56 Å². The van der Waals surface area contributed by atoms with Crippen LogP contribution in [0.1, 0.15) is 43.9 Å². The Bertz CT molecular complexity index is 1630. The molecule has 0 radical (unpaired) electrons. The molecule has 2 rings (SSSR count). The molecule has 2 aromatic rings. The van der Waals surface area contributed by atoms with Crippen molar-refractivity contribution in [2.75, 3.05) is 6.26 Å². The molecule has 0 aliphatic heterocycles. The summed E-state index contributed by atoms with van der Waals surface area (Å²) in [6.07, 6.45) is 2.21. The normalized spacial score (nSPS) is 14.0. The molecule has 0 heterocycles. The number of hydrogen-bond acceptors (Lipinski definition) is 9. The van der Waals surface area contributed by atoms with Crippen LogP contribution in [0.4, 0.5) is 4.79 Å². The SMILES string of the molecule is CC(C)C(NC(=O)C(NC(=O)C(CC(=O)O)NC(=O)OCc1ccccc1)c1ccccc1)C(=O)NC(C=CC=CS(C)(=O)=O)CC(=O)O. The maximum atomic E-state index is 13.7. The lowest BCUT2D eigenvalue weighted by Gasteiger charge is -2.27.